The van der Waals surface area contributed by atoms with Gasteiger partial charge in [-0.2, -0.15) is 0 Å². The predicted molar refractivity (Wildman–Crippen MR) is 86.4 cm³/mol. The van der Waals surface area contributed by atoms with Gasteiger partial charge < -0.3 is 5.73 Å². The highest BCUT2D eigenvalue weighted by molar-refractivity contribution is 6.06. The van der Waals surface area contributed by atoms with Gasteiger partial charge in [0.15, 0.2) is 0 Å². The Kier molecular flexibility index (Phi) is 5.32. The lowest BCUT2D eigenvalue weighted by Crippen LogP contribution is -2.56. The van der Waals surface area contributed by atoms with E-state index in [4.69, 9.17) is 5.73 Å². The van der Waals surface area contributed by atoms with Crippen molar-refractivity contribution < 1.29 is 9.59 Å². The molecule has 0 spiro atoms. The molecule has 1 atom stereocenters. The Bertz CT molecular complexity index is 522. The molecule has 3 N–H and O–H groups in total. The summed E-state index contributed by atoms with van der Waals surface area (Å²) in [7, 11) is 0. The molecular weight excluding hydrogens is 278 g/mol. The van der Waals surface area contributed by atoms with Crippen molar-refractivity contribution in [3.63, 3.8) is 0 Å². The van der Waals surface area contributed by atoms with Gasteiger partial charge in [0.25, 0.3) is 5.91 Å². The van der Waals surface area contributed by atoms with Crippen LogP contribution >= 0.6 is 0 Å². The molecule has 0 bridgehead atoms. The largest absolute Gasteiger partial charge is 0.324 e. The van der Waals surface area contributed by atoms with E-state index in [1.54, 1.807) is 24.3 Å². The van der Waals surface area contributed by atoms with Gasteiger partial charge in [0, 0.05) is 17.6 Å². The fourth-order valence-electron chi connectivity index (χ4n) is 2.86. The minimum atomic E-state index is -0.362. The average molecular weight is 303 g/mol. The van der Waals surface area contributed by atoms with Crippen molar-refractivity contribution in [2.45, 2.75) is 44.7 Å². The van der Waals surface area contributed by atoms with Crippen LogP contribution in [0.5, 0.6) is 0 Å². The summed E-state index contributed by atoms with van der Waals surface area (Å²) in [6, 6.07) is 8.52. The normalized spacial score (nSPS) is 19.7. The van der Waals surface area contributed by atoms with Gasteiger partial charge in [0.1, 0.15) is 0 Å². The van der Waals surface area contributed by atoms with Crippen LogP contribution in [0.3, 0.4) is 0 Å². The van der Waals surface area contributed by atoms with E-state index in [2.05, 4.69) is 10.2 Å². The Morgan fingerprint density at radius 2 is 1.95 bits per heavy atom. The fraction of sp³-hybridized carbons (Fsp3) is 0.529. The minimum Gasteiger partial charge on any atom is -0.324 e. The number of rotatable bonds is 4. The number of imide groups is 1. The molecule has 5 nitrogen and oxygen atoms in total. The Morgan fingerprint density at radius 3 is 2.59 bits per heavy atom. The number of amides is 2. The van der Waals surface area contributed by atoms with E-state index in [0.717, 1.165) is 25.8 Å². The first-order valence-electron chi connectivity index (χ1n) is 7.80. The van der Waals surface area contributed by atoms with E-state index in [1.165, 1.54) is 0 Å². The number of carbonyl (C=O) groups excluding carboxylic acids is 2. The third-order valence-corrected chi connectivity index (χ3v) is 3.80. The molecule has 1 aromatic rings. The van der Waals surface area contributed by atoms with Crippen LogP contribution in [0.4, 0.5) is 0 Å². The van der Waals surface area contributed by atoms with Gasteiger partial charge in [-0.05, 0) is 45.4 Å². The van der Waals surface area contributed by atoms with Gasteiger partial charge in [-0.25, -0.2) is 0 Å². The molecule has 2 rings (SSSR count). The fourth-order valence-corrected chi connectivity index (χ4v) is 2.86. The Morgan fingerprint density at radius 1 is 1.27 bits per heavy atom. The number of hydrogen-bond acceptors (Lipinski definition) is 4. The quantitative estimate of drug-likeness (QED) is 0.827. The van der Waals surface area contributed by atoms with Crippen LogP contribution in [0.2, 0.25) is 0 Å². The van der Waals surface area contributed by atoms with Gasteiger partial charge >= 0.3 is 0 Å². The first kappa shape index (κ1) is 16.6. The lowest BCUT2D eigenvalue weighted by atomic mass is 9.97. The minimum absolute atomic E-state index is 0.224. The lowest BCUT2D eigenvalue weighted by Gasteiger charge is -2.38. The zero-order valence-electron chi connectivity index (χ0n) is 13.3. The van der Waals surface area contributed by atoms with E-state index in [-0.39, 0.29) is 23.4 Å². The van der Waals surface area contributed by atoms with Gasteiger partial charge in [-0.3, -0.25) is 19.8 Å². The standard InChI is InChI=1S/C17H25N3O2/c1-17(2,18)12-20-11-7-6-10-14(20)16(22)19-15(21)13-8-4-3-5-9-13/h3-5,8-9,14H,6-7,10-12,18H2,1-2H3,(H,19,21,22). The van der Waals surface area contributed by atoms with Crippen molar-refractivity contribution in [2.75, 3.05) is 13.1 Å². The summed E-state index contributed by atoms with van der Waals surface area (Å²) in [4.78, 5) is 26.7. The maximum Gasteiger partial charge on any atom is 0.257 e. The van der Waals surface area contributed by atoms with Crippen LogP contribution in [0.25, 0.3) is 0 Å². The number of likely N-dealkylation sites (tertiary alicyclic amines) is 1. The highest BCUT2D eigenvalue weighted by Gasteiger charge is 2.32. The highest BCUT2D eigenvalue weighted by atomic mass is 16.2. The maximum absolute atomic E-state index is 12.5. The van der Waals surface area contributed by atoms with Crippen LogP contribution < -0.4 is 11.1 Å². The molecule has 1 saturated heterocycles. The smallest absolute Gasteiger partial charge is 0.257 e. The third-order valence-electron chi connectivity index (χ3n) is 3.80. The van der Waals surface area contributed by atoms with Crippen LogP contribution in [0, 0.1) is 0 Å². The number of hydrogen-bond donors (Lipinski definition) is 2. The molecule has 1 aromatic carbocycles. The van der Waals surface area contributed by atoms with Gasteiger partial charge in [-0.15, -0.1) is 0 Å². The lowest BCUT2D eigenvalue weighted by molar-refractivity contribution is -0.126. The van der Waals surface area contributed by atoms with Crippen molar-refractivity contribution in [3.05, 3.63) is 35.9 Å². The van der Waals surface area contributed by atoms with E-state index < -0.39 is 0 Å². The summed E-state index contributed by atoms with van der Waals surface area (Å²) in [6.45, 7) is 5.39. The summed E-state index contributed by atoms with van der Waals surface area (Å²) in [6.07, 6.45) is 2.83. The van der Waals surface area contributed by atoms with Crippen molar-refractivity contribution in [2.24, 2.45) is 5.73 Å². The van der Waals surface area contributed by atoms with Crippen molar-refractivity contribution in [1.29, 1.82) is 0 Å². The van der Waals surface area contributed by atoms with Gasteiger partial charge in [-0.1, -0.05) is 24.6 Å². The van der Waals surface area contributed by atoms with Gasteiger partial charge in [0.2, 0.25) is 5.91 Å². The second kappa shape index (κ2) is 7.03. The highest BCUT2D eigenvalue weighted by Crippen LogP contribution is 2.19. The summed E-state index contributed by atoms with van der Waals surface area (Å²) < 4.78 is 0. The number of nitrogens with one attached hydrogen (secondary N) is 1. The molecule has 0 aliphatic carbocycles. The maximum atomic E-state index is 12.5. The summed E-state index contributed by atoms with van der Waals surface area (Å²) >= 11 is 0. The number of nitrogens with zero attached hydrogens (tertiary/aromatic N) is 1. The van der Waals surface area contributed by atoms with E-state index >= 15 is 0 Å². The van der Waals surface area contributed by atoms with Crippen LogP contribution in [0.1, 0.15) is 43.5 Å². The first-order valence-corrected chi connectivity index (χ1v) is 7.80. The topological polar surface area (TPSA) is 75.4 Å². The third kappa shape index (κ3) is 4.64. The molecular formula is C17H25N3O2. The molecule has 0 saturated carbocycles. The van der Waals surface area contributed by atoms with Crippen molar-refractivity contribution in [1.82, 2.24) is 10.2 Å². The Hall–Kier alpha value is -1.72. The monoisotopic (exact) mass is 303 g/mol. The Labute approximate surface area is 131 Å². The van der Waals surface area contributed by atoms with Crippen molar-refractivity contribution >= 4 is 11.8 Å². The number of carbonyl (C=O) groups is 2. The molecule has 1 unspecified atom stereocenters. The first-order chi connectivity index (χ1) is 10.4. The molecule has 1 aliphatic heterocycles. The zero-order valence-corrected chi connectivity index (χ0v) is 13.3. The molecule has 0 aromatic heterocycles. The second-order valence-electron chi connectivity index (χ2n) is 6.66. The molecule has 2 amide bonds. The zero-order chi connectivity index (χ0) is 16.2. The summed E-state index contributed by atoms with van der Waals surface area (Å²) in [5.74, 6) is -0.569. The number of benzene rings is 1. The van der Waals surface area contributed by atoms with E-state index in [9.17, 15) is 9.59 Å². The molecule has 22 heavy (non-hydrogen) atoms. The molecule has 0 radical (unpaired) electrons. The van der Waals surface area contributed by atoms with Crippen LogP contribution in [-0.2, 0) is 4.79 Å². The number of nitrogens with two attached hydrogens (primary N) is 1. The average Bonchev–Trinajstić information content (AvgIpc) is 2.47. The van der Waals surface area contributed by atoms with Gasteiger partial charge in [0.05, 0.1) is 6.04 Å². The summed E-state index contributed by atoms with van der Waals surface area (Å²) in [5.41, 5.74) is 6.22. The van der Waals surface area contributed by atoms with Crippen LogP contribution in [0.15, 0.2) is 30.3 Å². The number of piperidine rings is 1. The van der Waals surface area contributed by atoms with E-state index in [0.29, 0.717) is 12.1 Å². The molecule has 5 heteroatoms. The molecule has 1 heterocycles. The van der Waals surface area contributed by atoms with Crippen LogP contribution in [-0.4, -0.2) is 41.4 Å². The molecule has 1 aliphatic rings. The summed E-state index contributed by atoms with van der Waals surface area (Å²) in [5, 5.41) is 2.52. The van der Waals surface area contributed by atoms with Crippen molar-refractivity contribution in [3.8, 4) is 0 Å². The van der Waals surface area contributed by atoms with E-state index in [1.807, 2.05) is 19.9 Å². The molecule has 1 fully saturated rings. The Balaban J connectivity index is 2.01. The second-order valence-corrected chi connectivity index (χ2v) is 6.66. The SMILES string of the molecule is CC(C)(N)CN1CCCCC1C(=O)NC(=O)c1ccccc1. The molecule has 120 valence electrons. The predicted octanol–water partition coefficient (Wildman–Crippen LogP) is 1.53.